The van der Waals surface area contributed by atoms with Crippen LogP contribution in [0.5, 0.6) is 0 Å². The van der Waals surface area contributed by atoms with Crippen LogP contribution in [0.2, 0.25) is 0 Å². The molecule has 3 aromatic heterocycles. The van der Waals surface area contributed by atoms with Gasteiger partial charge in [0.1, 0.15) is 5.92 Å². The predicted octanol–water partition coefficient (Wildman–Crippen LogP) is 2.89. The van der Waals surface area contributed by atoms with Gasteiger partial charge in [-0.3, -0.25) is 15.0 Å². The third kappa shape index (κ3) is 2.50. The lowest BCUT2D eigenvalue weighted by Gasteiger charge is -2.14. The molecule has 91 valence electrons. The minimum atomic E-state index is 0.875. The highest BCUT2D eigenvalue weighted by Crippen LogP contribution is 2.26. The molecular weight excluding hydrogens is 234 g/mol. The fraction of sp³-hybridized carbons (Fsp3) is 0. The molecule has 19 heavy (non-hydrogen) atoms. The first-order valence-electron chi connectivity index (χ1n) is 6.06. The molecule has 0 atom stereocenters. The van der Waals surface area contributed by atoms with E-state index in [2.05, 4.69) is 15.0 Å². The minimum Gasteiger partial charge on any atom is -0.260 e. The average Bonchev–Trinajstić information content (AvgIpc) is 2.51. The highest BCUT2D eigenvalue weighted by atomic mass is 14.8. The van der Waals surface area contributed by atoms with Gasteiger partial charge in [0.15, 0.2) is 0 Å². The third-order valence-corrected chi connectivity index (χ3v) is 2.76. The average molecular weight is 246 g/mol. The first-order chi connectivity index (χ1) is 9.45. The number of aromatic nitrogens is 3. The fourth-order valence-electron chi connectivity index (χ4n) is 1.93. The van der Waals surface area contributed by atoms with Gasteiger partial charge in [-0.1, -0.05) is 18.2 Å². The monoisotopic (exact) mass is 246 g/mol. The van der Waals surface area contributed by atoms with E-state index in [-0.39, 0.29) is 0 Å². The summed E-state index contributed by atoms with van der Waals surface area (Å²) in [5.74, 6) is 0.946. The van der Waals surface area contributed by atoms with Crippen molar-refractivity contribution in [2.45, 2.75) is 0 Å². The number of hydrogen-bond acceptors (Lipinski definition) is 3. The minimum absolute atomic E-state index is 0.875. The Morgan fingerprint density at radius 1 is 0.526 bits per heavy atom. The van der Waals surface area contributed by atoms with Crippen molar-refractivity contribution < 1.29 is 0 Å². The van der Waals surface area contributed by atoms with Crippen LogP contribution >= 0.6 is 0 Å². The Hall–Kier alpha value is -2.55. The topological polar surface area (TPSA) is 38.7 Å². The Kier molecular flexibility index (Phi) is 3.28. The zero-order valence-corrected chi connectivity index (χ0v) is 10.3. The summed E-state index contributed by atoms with van der Waals surface area (Å²) in [4.78, 5) is 13.2. The summed E-state index contributed by atoms with van der Waals surface area (Å²) in [6.45, 7) is 0. The van der Waals surface area contributed by atoms with Crippen LogP contribution in [0.3, 0.4) is 0 Å². The molecule has 0 aliphatic rings. The Balaban J connectivity index is 2.12. The van der Waals surface area contributed by atoms with E-state index in [4.69, 9.17) is 0 Å². The van der Waals surface area contributed by atoms with E-state index in [1.165, 1.54) is 0 Å². The quantitative estimate of drug-likeness (QED) is 0.713. The molecule has 0 spiro atoms. The van der Waals surface area contributed by atoms with Crippen molar-refractivity contribution in [2.24, 2.45) is 0 Å². The number of nitrogens with zero attached hydrogens (tertiary/aromatic N) is 3. The van der Waals surface area contributed by atoms with Crippen LogP contribution in [-0.2, 0) is 0 Å². The van der Waals surface area contributed by atoms with Gasteiger partial charge < -0.3 is 0 Å². The summed E-state index contributed by atoms with van der Waals surface area (Å²) in [6.07, 6.45) is 5.34. The normalized spacial score (nSPS) is 10.6. The second-order valence-corrected chi connectivity index (χ2v) is 4.02. The summed E-state index contributed by atoms with van der Waals surface area (Å²) in [6, 6.07) is 17.5. The van der Waals surface area contributed by atoms with E-state index < -0.39 is 0 Å². The van der Waals surface area contributed by atoms with Gasteiger partial charge in [0.2, 0.25) is 0 Å². The number of rotatable bonds is 3. The predicted molar refractivity (Wildman–Crippen MR) is 73.3 cm³/mol. The van der Waals surface area contributed by atoms with E-state index in [1.807, 2.05) is 54.6 Å². The van der Waals surface area contributed by atoms with Gasteiger partial charge >= 0.3 is 0 Å². The molecule has 0 fully saturated rings. The van der Waals surface area contributed by atoms with Gasteiger partial charge in [-0.15, -0.1) is 0 Å². The second-order valence-electron chi connectivity index (χ2n) is 4.02. The SMILES string of the molecule is c1ccc([C](c2ccccn2)c2ccccn2)nc1. The summed E-state index contributed by atoms with van der Waals surface area (Å²) in [7, 11) is 0. The molecule has 0 saturated heterocycles. The molecule has 0 bridgehead atoms. The molecule has 0 aliphatic carbocycles. The third-order valence-electron chi connectivity index (χ3n) is 2.76. The van der Waals surface area contributed by atoms with Crippen LogP contribution in [0.25, 0.3) is 0 Å². The smallest absolute Gasteiger partial charge is 0.119 e. The largest absolute Gasteiger partial charge is 0.260 e. The maximum Gasteiger partial charge on any atom is 0.119 e. The van der Waals surface area contributed by atoms with Crippen LogP contribution in [0.15, 0.2) is 73.2 Å². The summed E-state index contributed by atoms with van der Waals surface area (Å²) in [5.41, 5.74) is 2.62. The van der Waals surface area contributed by atoms with Crippen molar-refractivity contribution in [3.8, 4) is 0 Å². The molecule has 0 saturated carbocycles. The Morgan fingerprint density at radius 2 is 0.895 bits per heavy atom. The molecule has 0 aromatic carbocycles. The Labute approximate surface area is 112 Å². The lowest BCUT2D eigenvalue weighted by atomic mass is 9.95. The van der Waals surface area contributed by atoms with Gasteiger partial charge in [0, 0.05) is 18.6 Å². The van der Waals surface area contributed by atoms with Crippen LogP contribution in [0.1, 0.15) is 17.1 Å². The lowest BCUT2D eigenvalue weighted by Crippen LogP contribution is -2.09. The van der Waals surface area contributed by atoms with Gasteiger partial charge in [-0.2, -0.15) is 0 Å². The van der Waals surface area contributed by atoms with Crippen LogP contribution in [0.4, 0.5) is 0 Å². The van der Waals surface area contributed by atoms with Crippen molar-refractivity contribution in [1.82, 2.24) is 15.0 Å². The van der Waals surface area contributed by atoms with Crippen LogP contribution < -0.4 is 0 Å². The molecule has 0 unspecified atom stereocenters. The van der Waals surface area contributed by atoms with Crippen LogP contribution in [0, 0.1) is 5.92 Å². The number of pyridine rings is 3. The summed E-state index contributed by atoms with van der Waals surface area (Å²) < 4.78 is 0. The molecule has 0 aliphatic heterocycles. The van der Waals surface area contributed by atoms with E-state index in [0.717, 1.165) is 23.0 Å². The van der Waals surface area contributed by atoms with E-state index in [1.54, 1.807) is 18.6 Å². The van der Waals surface area contributed by atoms with Gasteiger partial charge in [-0.25, -0.2) is 0 Å². The summed E-state index contributed by atoms with van der Waals surface area (Å²) >= 11 is 0. The van der Waals surface area contributed by atoms with E-state index in [0.29, 0.717) is 0 Å². The maximum absolute atomic E-state index is 4.41. The van der Waals surface area contributed by atoms with Crippen molar-refractivity contribution in [3.63, 3.8) is 0 Å². The van der Waals surface area contributed by atoms with Gasteiger partial charge in [0.05, 0.1) is 17.1 Å². The van der Waals surface area contributed by atoms with Crippen molar-refractivity contribution >= 4 is 0 Å². The molecule has 3 heteroatoms. The van der Waals surface area contributed by atoms with Gasteiger partial charge in [0.25, 0.3) is 0 Å². The maximum atomic E-state index is 4.41. The van der Waals surface area contributed by atoms with Gasteiger partial charge in [-0.05, 0) is 36.4 Å². The molecule has 3 heterocycles. The molecule has 0 amide bonds. The van der Waals surface area contributed by atoms with Crippen LogP contribution in [-0.4, -0.2) is 15.0 Å². The highest BCUT2D eigenvalue weighted by Gasteiger charge is 2.20. The lowest BCUT2D eigenvalue weighted by molar-refractivity contribution is 1.02. The first-order valence-corrected chi connectivity index (χ1v) is 6.06. The zero-order valence-electron chi connectivity index (χ0n) is 10.3. The van der Waals surface area contributed by atoms with Crippen molar-refractivity contribution in [1.29, 1.82) is 0 Å². The fourth-order valence-corrected chi connectivity index (χ4v) is 1.93. The molecule has 3 rings (SSSR count). The molecular formula is C16H12N3. The molecule has 1 radical (unpaired) electrons. The zero-order chi connectivity index (χ0) is 12.9. The number of hydrogen-bond donors (Lipinski definition) is 0. The Morgan fingerprint density at radius 3 is 1.16 bits per heavy atom. The standard InChI is InChI=1S/C16H12N3/c1-4-10-17-13(7-1)16(14-8-2-5-11-18-14)15-9-3-6-12-19-15/h1-12H. The van der Waals surface area contributed by atoms with E-state index in [9.17, 15) is 0 Å². The van der Waals surface area contributed by atoms with Crippen molar-refractivity contribution in [2.75, 3.05) is 0 Å². The van der Waals surface area contributed by atoms with Crippen molar-refractivity contribution in [3.05, 3.63) is 96.2 Å². The molecule has 3 aromatic rings. The molecule has 3 nitrogen and oxygen atoms in total. The Bertz CT molecular complexity index is 530. The first kappa shape index (κ1) is 11.5. The molecule has 0 N–H and O–H groups in total. The highest BCUT2D eigenvalue weighted by molar-refractivity contribution is 5.49. The summed E-state index contributed by atoms with van der Waals surface area (Å²) in [5, 5.41) is 0. The second kappa shape index (κ2) is 5.40. The van der Waals surface area contributed by atoms with E-state index >= 15 is 0 Å².